The number of hydrogen-bond acceptors (Lipinski definition) is 7. The van der Waals surface area contributed by atoms with Crippen molar-refractivity contribution < 1.29 is 23.9 Å². The lowest BCUT2D eigenvalue weighted by Gasteiger charge is -2.25. The molecule has 3 heterocycles. The van der Waals surface area contributed by atoms with E-state index in [2.05, 4.69) is 15.4 Å². The summed E-state index contributed by atoms with van der Waals surface area (Å²) < 4.78 is 14.1. The first kappa shape index (κ1) is 22.1. The number of ether oxygens (including phenoxy) is 2. The number of aromatic nitrogens is 4. The molecule has 11 nitrogen and oxygen atoms in total. The highest BCUT2D eigenvalue weighted by Crippen LogP contribution is 2.37. The average molecular weight is 452 g/mol. The fourth-order valence-corrected chi connectivity index (χ4v) is 3.76. The van der Waals surface area contributed by atoms with Crippen LogP contribution < -0.4 is 15.8 Å². The van der Waals surface area contributed by atoms with Gasteiger partial charge in [-0.15, -0.1) is 0 Å². The van der Waals surface area contributed by atoms with Crippen molar-refractivity contribution in [2.24, 2.45) is 5.73 Å². The van der Waals surface area contributed by atoms with Crippen LogP contribution in [0.2, 0.25) is 0 Å². The second kappa shape index (κ2) is 8.77. The minimum atomic E-state index is -0.622. The first-order valence-corrected chi connectivity index (χ1v) is 10.5. The van der Waals surface area contributed by atoms with Crippen LogP contribution in [0.25, 0.3) is 11.0 Å². The van der Waals surface area contributed by atoms with Crippen molar-refractivity contribution in [1.29, 1.82) is 0 Å². The minimum Gasteiger partial charge on any atom is -0.489 e. The van der Waals surface area contributed by atoms with Crippen LogP contribution in [0.1, 0.15) is 46.4 Å². The van der Waals surface area contributed by atoms with Gasteiger partial charge in [0, 0.05) is 18.2 Å². The van der Waals surface area contributed by atoms with Crippen LogP contribution in [0.15, 0.2) is 30.4 Å². The molecule has 0 fully saturated rings. The number of benzene rings is 1. The molecular formula is C22H24N6O5. The lowest BCUT2D eigenvalue weighted by atomic mass is 10.1. The summed E-state index contributed by atoms with van der Waals surface area (Å²) in [5, 5.41) is 7.15. The number of nitrogens with zero attached hydrogens (tertiary/aromatic N) is 4. The van der Waals surface area contributed by atoms with Crippen LogP contribution in [-0.2, 0) is 16.1 Å². The van der Waals surface area contributed by atoms with E-state index in [1.54, 1.807) is 28.3 Å². The summed E-state index contributed by atoms with van der Waals surface area (Å²) in [6.07, 6.45) is 2.94. The zero-order valence-electron chi connectivity index (χ0n) is 18.5. The smallest absolute Gasteiger partial charge is 0.330 e. The number of carbonyl (C=O) groups excluding carboxylic acids is 3. The Morgan fingerprint density at radius 1 is 1.30 bits per heavy atom. The molecule has 1 unspecified atom stereocenters. The van der Waals surface area contributed by atoms with E-state index in [1.807, 2.05) is 13.8 Å². The fourth-order valence-electron chi connectivity index (χ4n) is 3.76. The van der Waals surface area contributed by atoms with E-state index in [9.17, 15) is 14.4 Å². The molecule has 4 rings (SSSR count). The molecule has 0 bridgehead atoms. The normalized spacial score (nSPS) is 14.9. The van der Waals surface area contributed by atoms with Crippen molar-refractivity contribution in [2.45, 2.75) is 33.4 Å². The number of carbonyl (C=O) groups is 3. The quantitative estimate of drug-likeness (QED) is 0.412. The number of hydrogen-bond donors (Lipinski definition) is 2. The second-order valence-corrected chi connectivity index (χ2v) is 7.44. The fraction of sp³-hybridized carbons (Fsp3) is 0.318. The number of aryl methyl sites for hydroxylation is 2. The molecule has 0 saturated heterocycles. The third-order valence-corrected chi connectivity index (χ3v) is 5.18. The monoisotopic (exact) mass is 452 g/mol. The molecule has 0 saturated carbocycles. The Kier molecular flexibility index (Phi) is 5.86. The van der Waals surface area contributed by atoms with Gasteiger partial charge in [0.05, 0.1) is 23.9 Å². The maximum atomic E-state index is 13.1. The van der Waals surface area contributed by atoms with Crippen LogP contribution in [-0.4, -0.2) is 50.3 Å². The third-order valence-electron chi connectivity index (χ3n) is 5.18. The summed E-state index contributed by atoms with van der Waals surface area (Å²) in [5.74, 6) is -0.855. The second-order valence-electron chi connectivity index (χ2n) is 7.44. The SMILES string of the molecule is CCOC(=O)/C=C/C1COc2cc(C(N)=O)cc3nc(NC(=O)c4cc(C)nn4CC)n1c23. The summed E-state index contributed by atoms with van der Waals surface area (Å²) in [6.45, 7) is 6.34. The first-order chi connectivity index (χ1) is 15.8. The van der Waals surface area contributed by atoms with Crippen LogP contribution in [0, 0.1) is 6.92 Å². The average Bonchev–Trinajstić information content (AvgIpc) is 3.34. The van der Waals surface area contributed by atoms with Crippen molar-refractivity contribution in [3.63, 3.8) is 0 Å². The largest absolute Gasteiger partial charge is 0.489 e. The molecule has 1 atom stereocenters. The van der Waals surface area contributed by atoms with Gasteiger partial charge in [-0.2, -0.15) is 5.10 Å². The Labute approximate surface area is 189 Å². The van der Waals surface area contributed by atoms with E-state index in [-0.39, 0.29) is 30.6 Å². The first-order valence-electron chi connectivity index (χ1n) is 10.5. The molecule has 3 aromatic rings. The molecule has 0 radical (unpaired) electrons. The van der Waals surface area contributed by atoms with Crippen LogP contribution >= 0.6 is 0 Å². The summed E-state index contributed by atoms with van der Waals surface area (Å²) in [6, 6.07) is 4.30. The molecule has 172 valence electrons. The molecule has 3 N–H and O–H groups in total. The highest BCUT2D eigenvalue weighted by Gasteiger charge is 2.28. The third kappa shape index (κ3) is 4.16. The lowest BCUT2D eigenvalue weighted by Crippen LogP contribution is -2.25. The van der Waals surface area contributed by atoms with Gasteiger partial charge in [-0.25, -0.2) is 9.78 Å². The van der Waals surface area contributed by atoms with E-state index >= 15 is 0 Å². The molecule has 33 heavy (non-hydrogen) atoms. The Balaban J connectivity index is 1.79. The van der Waals surface area contributed by atoms with E-state index in [4.69, 9.17) is 15.2 Å². The predicted octanol–water partition coefficient (Wildman–Crippen LogP) is 1.97. The number of nitrogens with one attached hydrogen (secondary N) is 1. The van der Waals surface area contributed by atoms with Crippen molar-refractivity contribution in [3.8, 4) is 5.75 Å². The Bertz CT molecular complexity index is 1290. The summed E-state index contributed by atoms with van der Waals surface area (Å²) in [4.78, 5) is 41.2. The topological polar surface area (TPSA) is 143 Å². The van der Waals surface area contributed by atoms with Gasteiger partial charge in [0.2, 0.25) is 11.9 Å². The molecular weight excluding hydrogens is 428 g/mol. The van der Waals surface area contributed by atoms with Gasteiger partial charge in [-0.05, 0) is 39.0 Å². The number of rotatable bonds is 7. The van der Waals surface area contributed by atoms with Gasteiger partial charge in [0.25, 0.3) is 5.91 Å². The summed E-state index contributed by atoms with van der Waals surface area (Å²) in [5.41, 5.74) is 7.78. The molecule has 1 aliphatic heterocycles. The number of amides is 2. The van der Waals surface area contributed by atoms with Crippen molar-refractivity contribution in [1.82, 2.24) is 19.3 Å². The van der Waals surface area contributed by atoms with Crippen molar-refractivity contribution >= 4 is 34.8 Å². The van der Waals surface area contributed by atoms with Crippen LogP contribution in [0.5, 0.6) is 5.75 Å². The van der Waals surface area contributed by atoms with Gasteiger partial charge in [0.15, 0.2) is 0 Å². The molecule has 11 heteroatoms. The van der Waals surface area contributed by atoms with Crippen LogP contribution in [0.3, 0.4) is 0 Å². The van der Waals surface area contributed by atoms with E-state index < -0.39 is 17.9 Å². The number of primary amides is 1. The summed E-state index contributed by atoms with van der Waals surface area (Å²) >= 11 is 0. The van der Waals surface area contributed by atoms with Gasteiger partial charge in [0.1, 0.15) is 23.6 Å². The minimum absolute atomic E-state index is 0.144. The van der Waals surface area contributed by atoms with Crippen molar-refractivity contribution in [3.05, 3.63) is 47.3 Å². The van der Waals surface area contributed by atoms with Gasteiger partial charge < -0.3 is 15.2 Å². The van der Waals surface area contributed by atoms with E-state index in [0.717, 1.165) is 0 Å². The molecule has 1 aromatic carbocycles. The lowest BCUT2D eigenvalue weighted by molar-refractivity contribution is -0.137. The van der Waals surface area contributed by atoms with Gasteiger partial charge in [-0.1, -0.05) is 6.08 Å². The molecule has 1 aliphatic rings. The van der Waals surface area contributed by atoms with E-state index in [0.29, 0.717) is 34.7 Å². The van der Waals surface area contributed by atoms with E-state index in [1.165, 1.54) is 18.2 Å². The number of imidazole rings is 1. The molecule has 2 aromatic heterocycles. The number of nitrogens with two attached hydrogens (primary N) is 1. The highest BCUT2D eigenvalue weighted by atomic mass is 16.5. The number of esters is 1. The zero-order chi connectivity index (χ0) is 23.7. The molecule has 0 spiro atoms. The van der Waals surface area contributed by atoms with Gasteiger partial charge >= 0.3 is 5.97 Å². The van der Waals surface area contributed by atoms with Crippen molar-refractivity contribution in [2.75, 3.05) is 18.5 Å². The maximum absolute atomic E-state index is 13.1. The standard InChI is InChI=1S/C22H24N6O5/c1-4-27-16(8-12(3)26-27)21(31)25-22-24-15-9-13(20(23)30)10-17-19(15)28(22)14(11-33-17)6-7-18(29)32-5-2/h6-10,14H,4-5,11H2,1-3H3,(H2,23,30)(H,24,25,31)/b7-6+. The maximum Gasteiger partial charge on any atom is 0.330 e. The summed E-state index contributed by atoms with van der Waals surface area (Å²) in [7, 11) is 0. The number of anilines is 1. The Morgan fingerprint density at radius 2 is 2.09 bits per heavy atom. The molecule has 0 aliphatic carbocycles. The highest BCUT2D eigenvalue weighted by molar-refractivity contribution is 6.04. The Hall–Kier alpha value is -4.15. The zero-order valence-corrected chi connectivity index (χ0v) is 18.5. The van der Waals surface area contributed by atoms with Gasteiger partial charge in [-0.3, -0.25) is 24.2 Å². The predicted molar refractivity (Wildman–Crippen MR) is 119 cm³/mol. The Morgan fingerprint density at radius 3 is 2.79 bits per heavy atom. The molecule has 2 amide bonds. The van der Waals surface area contributed by atoms with Crippen LogP contribution in [0.4, 0.5) is 5.95 Å².